The van der Waals surface area contributed by atoms with E-state index in [2.05, 4.69) is 5.32 Å². The van der Waals surface area contributed by atoms with E-state index >= 15 is 0 Å². The van der Waals surface area contributed by atoms with E-state index in [1.807, 2.05) is 30.3 Å². The zero-order chi connectivity index (χ0) is 10.7. The zero-order valence-corrected chi connectivity index (χ0v) is 8.35. The summed E-state index contributed by atoms with van der Waals surface area (Å²) in [6, 6.07) is 9.78. The van der Waals surface area contributed by atoms with Crippen molar-refractivity contribution in [1.29, 1.82) is 0 Å². The van der Waals surface area contributed by atoms with Crippen molar-refractivity contribution in [3.8, 4) is 0 Å². The van der Waals surface area contributed by atoms with Crippen LogP contribution in [0.1, 0.15) is 12.0 Å². The Hall–Kier alpha value is -1.55. The van der Waals surface area contributed by atoms with Crippen molar-refractivity contribution in [1.82, 2.24) is 5.32 Å². The van der Waals surface area contributed by atoms with E-state index in [0.717, 1.165) is 12.0 Å². The van der Waals surface area contributed by atoms with E-state index in [0.29, 0.717) is 6.61 Å². The van der Waals surface area contributed by atoms with Gasteiger partial charge in [0.2, 0.25) is 0 Å². The number of carbonyl (C=O) groups excluding carboxylic acids is 1. The molecule has 80 valence electrons. The fourth-order valence-corrected chi connectivity index (χ4v) is 1.30. The predicted octanol–water partition coefficient (Wildman–Crippen LogP) is 1.01. The van der Waals surface area contributed by atoms with Gasteiger partial charge in [0.05, 0.1) is 0 Å². The highest BCUT2D eigenvalue weighted by Crippen LogP contribution is 2.17. The molecule has 3 N–H and O–H groups in total. The molecule has 1 aromatic rings. The topological polar surface area (TPSA) is 64.3 Å². The standard InChI is InChI=1S/C11H14N2O2/c12-9-6-10(9)13-11(14)15-7-8-4-2-1-3-5-8/h1-5,9-10H,6-7,12H2,(H,13,14)/t9-,10-/m1/s1. The second-order valence-electron chi connectivity index (χ2n) is 3.71. The quantitative estimate of drug-likeness (QED) is 0.775. The van der Waals surface area contributed by atoms with E-state index in [1.54, 1.807) is 0 Å². The third-order valence-corrected chi connectivity index (χ3v) is 2.36. The van der Waals surface area contributed by atoms with Crippen molar-refractivity contribution < 1.29 is 9.53 Å². The van der Waals surface area contributed by atoms with Gasteiger partial charge < -0.3 is 15.8 Å². The molecule has 1 fully saturated rings. The highest BCUT2D eigenvalue weighted by Gasteiger charge is 2.35. The average molecular weight is 206 g/mol. The Morgan fingerprint density at radius 1 is 1.47 bits per heavy atom. The molecule has 0 aliphatic heterocycles. The number of carbonyl (C=O) groups is 1. The summed E-state index contributed by atoms with van der Waals surface area (Å²) in [7, 11) is 0. The molecule has 0 saturated heterocycles. The maximum atomic E-state index is 11.2. The molecule has 1 aliphatic carbocycles. The fraction of sp³-hybridized carbons (Fsp3) is 0.364. The molecule has 1 amide bonds. The van der Waals surface area contributed by atoms with Crippen LogP contribution in [0.15, 0.2) is 30.3 Å². The lowest BCUT2D eigenvalue weighted by Crippen LogP contribution is -2.30. The first-order valence-electron chi connectivity index (χ1n) is 4.98. The van der Waals surface area contributed by atoms with Gasteiger partial charge in [-0.15, -0.1) is 0 Å². The molecule has 1 saturated carbocycles. The first kappa shape index (κ1) is 9.98. The smallest absolute Gasteiger partial charge is 0.407 e. The fourth-order valence-electron chi connectivity index (χ4n) is 1.30. The van der Waals surface area contributed by atoms with Crippen molar-refractivity contribution in [2.24, 2.45) is 5.73 Å². The third kappa shape index (κ3) is 2.95. The van der Waals surface area contributed by atoms with Crippen molar-refractivity contribution in [3.63, 3.8) is 0 Å². The van der Waals surface area contributed by atoms with Gasteiger partial charge in [-0.05, 0) is 12.0 Å². The summed E-state index contributed by atoms with van der Waals surface area (Å²) in [6.07, 6.45) is 0.456. The zero-order valence-electron chi connectivity index (χ0n) is 8.35. The maximum absolute atomic E-state index is 11.2. The van der Waals surface area contributed by atoms with Gasteiger partial charge in [-0.1, -0.05) is 30.3 Å². The molecule has 2 atom stereocenters. The number of ether oxygens (including phenoxy) is 1. The van der Waals surface area contributed by atoms with E-state index in [4.69, 9.17) is 10.5 Å². The normalized spacial score (nSPS) is 23.3. The van der Waals surface area contributed by atoms with Crippen molar-refractivity contribution >= 4 is 6.09 Å². The SMILES string of the molecule is N[C@@H]1C[C@H]1NC(=O)OCc1ccccc1. The Morgan fingerprint density at radius 2 is 2.13 bits per heavy atom. The number of hydrogen-bond acceptors (Lipinski definition) is 3. The number of nitrogens with one attached hydrogen (secondary N) is 1. The van der Waals surface area contributed by atoms with Crippen molar-refractivity contribution in [3.05, 3.63) is 35.9 Å². The molecule has 4 heteroatoms. The van der Waals surface area contributed by atoms with Gasteiger partial charge in [0, 0.05) is 12.1 Å². The van der Waals surface area contributed by atoms with Gasteiger partial charge in [-0.25, -0.2) is 4.79 Å². The van der Waals surface area contributed by atoms with Crippen LogP contribution in [0.25, 0.3) is 0 Å². The Morgan fingerprint density at radius 3 is 2.73 bits per heavy atom. The minimum atomic E-state index is -0.392. The predicted molar refractivity (Wildman–Crippen MR) is 56.1 cm³/mol. The van der Waals surface area contributed by atoms with Crippen LogP contribution in [0, 0.1) is 0 Å². The minimum absolute atomic E-state index is 0.105. The Kier molecular flexibility index (Phi) is 2.87. The van der Waals surface area contributed by atoms with Crippen LogP contribution in [-0.4, -0.2) is 18.2 Å². The van der Waals surface area contributed by atoms with E-state index < -0.39 is 6.09 Å². The number of benzene rings is 1. The van der Waals surface area contributed by atoms with E-state index in [9.17, 15) is 4.79 Å². The molecule has 0 radical (unpaired) electrons. The Balaban J connectivity index is 1.71. The van der Waals surface area contributed by atoms with Crippen molar-refractivity contribution in [2.45, 2.75) is 25.1 Å². The summed E-state index contributed by atoms with van der Waals surface area (Å²) in [4.78, 5) is 11.2. The lowest BCUT2D eigenvalue weighted by molar-refractivity contribution is 0.139. The summed E-state index contributed by atoms with van der Waals surface area (Å²) < 4.78 is 5.02. The number of hydrogen-bond donors (Lipinski definition) is 2. The molecule has 1 aliphatic rings. The van der Waals surface area contributed by atoms with Gasteiger partial charge in [-0.2, -0.15) is 0 Å². The van der Waals surface area contributed by atoms with Crippen LogP contribution in [0.2, 0.25) is 0 Å². The van der Waals surface area contributed by atoms with Crippen LogP contribution in [0.3, 0.4) is 0 Å². The van der Waals surface area contributed by atoms with Crippen LogP contribution in [0.4, 0.5) is 4.79 Å². The molecular formula is C11H14N2O2. The summed E-state index contributed by atoms with van der Waals surface area (Å²) in [6.45, 7) is 0.300. The molecule has 15 heavy (non-hydrogen) atoms. The molecule has 1 aromatic carbocycles. The van der Waals surface area contributed by atoms with Gasteiger partial charge in [-0.3, -0.25) is 0 Å². The Bertz CT molecular complexity index is 340. The van der Waals surface area contributed by atoms with E-state index in [-0.39, 0.29) is 12.1 Å². The number of nitrogens with two attached hydrogens (primary N) is 1. The highest BCUT2D eigenvalue weighted by atomic mass is 16.5. The number of amides is 1. The van der Waals surface area contributed by atoms with Crippen molar-refractivity contribution in [2.75, 3.05) is 0 Å². The molecule has 0 heterocycles. The maximum Gasteiger partial charge on any atom is 0.407 e. The molecule has 0 bridgehead atoms. The molecule has 0 unspecified atom stereocenters. The second kappa shape index (κ2) is 4.31. The molecule has 2 rings (SSSR count). The lowest BCUT2D eigenvalue weighted by Gasteiger charge is -2.05. The third-order valence-electron chi connectivity index (χ3n) is 2.36. The number of alkyl carbamates (subject to hydrolysis) is 1. The lowest BCUT2D eigenvalue weighted by atomic mass is 10.2. The summed E-state index contributed by atoms with van der Waals surface area (Å²) in [5.74, 6) is 0. The molecule has 4 nitrogen and oxygen atoms in total. The van der Waals surface area contributed by atoms with Crippen LogP contribution in [0.5, 0.6) is 0 Å². The second-order valence-corrected chi connectivity index (χ2v) is 3.71. The number of rotatable bonds is 3. The van der Waals surface area contributed by atoms with E-state index in [1.165, 1.54) is 0 Å². The summed E-state index contributed by atoms with van der Waals surface area (Å²) >= 11 is 0. The minimum Gasteiger partial charge on any atom is -0.445 e. The highest BCUT2D eigenvalue weighted by molar-refractivity contribution is 5.68. The van der Waals surface area contributed by atoms with Gasteiger partial charge in [0.15, 0.2) is 0 Å². The van der Waals surface area contributed by atoms with Gasteiger partial charge in [0.25, 0.3) is 0 Å². The largest absolute Gasteiger partial charge is 0.445 e. The van der Waals surface area contributed by atoms with Gasteiger partial charge in [0.1, 0.15) is 6.61 Å². The monoisotopic (exact) mass is 206 g/mol. The first-order chi connectivity index (χ1) is 7.25. The van der Waals surface area contributed by atoms with Crippen LogP contribution >= 0.6 is 0 Å². The first-order valence-corrected chi connectivity index (χ1v) is 4.98. The summed E-state index contributed by atoms with van der Waals surface area (Å²) in [5.41, 5.74) is 6.53. The molecule has 0 spiro atoms. The molecular weight excluding hydrogens is 192 g/mol. The van der Waals surface area contributed by atoms with Crippen LogP contribution < -0.4 is 11.1 Å². The Labute approximate surface area is 88.4 Å². The molecule has 0 aromatic heterocycles. The van der Waals surface area contributed by atoms with Gasteiger partial charge >= 0.3 is 6.09 Å². The average Bonchev–Trinajstić information content (AvgIpc) is 2.93. The van der Waals surface area contributed by atoms with Crippen LogP contribution in [-0.2, 0) is 11.3 Å². The summed E-state index contributed by atoms with van der Waals surface area (Å²) in [5, 5.41) is 2.69.